The van der Waals surface area contributed by atoms with Gasteiger partial charge in [-0.25, -0.2) is 0 Å². The molecule has 0 radical (unpaired) electrons. The van der Waals surface area contributed by atoms with Gasteiger partial charge in [-0.2, -0.15) is 0 Å². The lowest BCUT2D eigenvalue weighted by Gasteiger charge is -2.38. The molecule has 1 aliphatic heterocycles. The van der Waals surface area contributed by atoms with Crippen molar-refractivity contribution in [1.29, 1.82) is 0 Å². The Bertz CT molecular complexity index is 256. The minimum absolute atomic E-state index is 0.179. The highest BCUT2D eigenvalue weighted by atomic mass is 16.5. The third-order valence-corrected chi connectivity index (χ3v) is 3.32. The van der Waals surface area contributed by atoms with Crippen LogP contribution in [0, 0.1) is 5.92 Å². The van der Waals surface area contributed by atoms with E-state index in [0.29, 0.717) is 12.5 Å². The Balaban J connectivity index is 2.53. The topological polar surface area (TPSA) is 75.8 Å². The zero-order chi connectivity index (χ0) is 12.3. The van der Waals surface area contributed by atoms with Crippen molar-refractivity contribution in [3.05, 3.63) is 0 Å². The fourth-order valence-corrected chi connectivity index (χ4v) is 2.08. The molecule has 3 unspecified atom stereocenters. The van der Waals surface area contributed by atoms with Crippen LogP contribution >= 0.6 is 0 Å². The molecule has 0 saturated carbocycles. The van der Waals surface area contributed by atoms with Gasteiger partial charge in [-0.15, -0.1) is 0 Å². The number of carboxylic acids is 1. The predicted octanol–water partition coefficient (Wildman–Crippen LogP) is 0.145. The predicted molar refractivity (Wildman–Crippen MR) is 61.2 cm³/mol. The van der Waals surface area contributed by atoms with Crippen molar-refractivity contribution < 1.29 is 14.6 Å². The minimum atomic E-state index is -1.18. The molecule has 0 aliphatic carbocycles. The molecule has 1 fully saturated rings. The van der Waals surface area contributed by atoms with Crippen LogP contribution in [0.2, 0.25) is 0 Å². The number of carboxylic acid groups (broad SMARTS) is 1. The molecule has 1 rings (SSSR count). The van der Waals surface area contributed by atoms with Crippen LogP contribution in [0.25, 0.3) is 0 Å². The summed E-state index contributed by atoms with van der Waals surface area (Å²) in [6.07, 6.45) is 1.20. The van der Waals surface area contributed by atoms with Gasteiger partial charge in [-0.3, -0.25) is 9.69 Å². The Labute approximate surface area is 96.6 Å². The average molecular weight is 230 g/mol. The van der Waals surface area contributed by atoms with E-state index >= 15 is 0 Å². The van der Waals surface area contributed by atoms with Gasteiger partial charge in [0.1, 0.15) is 5.54 Å². The number of piperidine rings is 1. The first-order chi connectivity index (χ1) is 7.36. The van der Waals surface area contributed by atoms with Gasteiger partial charge in [0.2, 0.25) is 0 Å². The lowest BCUT2D eigenvalue weighted by Crippen LogP contribution is -2.57. The summed E-state index contributed by atoms with van der Waals surface area (Å²) in [7, 11) is 1.70. The van der Waals surface area contributed by atoms with Gasteiger partial charge in [0.25, 0.3) is 0 Å². The van der Waals surface area contributed by atoms with Gasteiger partial charge in [-0.05, 0) is 25.8 Å². The van der Waals surface area contributed by atoms with Crippen LogP contribution in [0.15, 0.2) is 0 Å². The number of hydrogen-bond donors (Lipinski definition) is 2. The van der Waals surface area contributed by atoms with Crippen molar-refractivity contribution in [3.63, 3.8) is 0 Å². The highest BCUT2D eigenvalue weighted by molar-refractivity contribution is 5.78. The van der Waals surface area contributed by atoms with Gasteiger partial charge in [0.05, 0.1) is 6.10 Å². The summed E-state index contributed by atoms with van der Waals surface area (Å²) in [5, 5.41) is 8.96. The maximum atomic E-state index is 10.9. The third-order valence-electron chi connectivity index (χ3n) is 3.32. The van der Waals surface area contributed by atoms with Gasteiger partial charge >= 0.3 is 5.97 Å². The van der Waals surface area contributed by atoms with Crippen LogP contribution in [0.1, 0.15) is 20.3 Å². The number of ether oxygens (including phenoxy) is 1. The van der Waals surface area contributed by atoms with Crippen LogP contribution in [-0.4, -0.2) is 54.4 Å². The molecule has 3 atom stereocenters. The van der Waals surface area contributed by atoms with E-state index < -0.39 is 11.5 Å². The summed E-state index contributed by atoms with van der Waals surface area (Å²) in [6.45, 7) is 5.73. The van der Waals surface area contributed by atoms with Crippen LogP contribution in [0.3, 0.4) is 0 Å². The molecule has 16 heavy (non-hydrogen) atoms. The summed E-state index contributed by atoms with van der Waals surface area (Å²) in [6, 6.07) is 0. The van der Waals surface area contributed by atoms with E-state index in [2.05, 4.69) is 11.8 Å². The molecule has 3 N–H and O–H groups in total. The number of rotatable bonds is 4. The van der Waals surface area contributed by atoms with Crippen LogP contribution in [0.4, 0.5) is 0 Å². The Morgan fingerprint density at radius 2 is 2.31 bits per heavy atom. The molecule has 0 bridgehead atoms. The van der Waals surface area contributed by atoms with Gasteiger partial charge < -0.3 is 15.6 Å². The molecular weight excluding hydrogens is 208 g/mol. The normalized spacial score (nSPS) is 31.0. The van der Waals surface area contributed by atoms with E-state index in [4.69, 9.17) is 15.6 Å². The molecule has 94 valence electrons. The van der Waals surface area contributed by atoms with Crippen molar-refractivity contribution in [3.8, 4) is 0 Å². The smallest absolute Gasteiger partial charge is 0.324 e. The molecule has 1 heterocycles. The van der Waals surface area contributed by atoms with Crippen molar-refractivity contribution in [2.45, 2.75) is 31.9 Å². The molecule has 5 nitrogen and oxygen atoms in total. The summed E-state index contributed by atoms with van der Waals surface area (Å²) in [5.74, 6) is -0.435. The number of likely N-dealkylation sites (tertiary alicyclic amines) is 1. The molecule has 0 aromatic rings. The molecule has 1 aliphatic rings. The molecule has 5 heteroatoms. The summed E-state index contributed by atoms with van der Waals surface area (Å²) in [4.78, 5) is 13.0. The van der Waals surface area contributed by atoms with Crippen LogP contribution in [0.5, 0.6) is 0 Å². The molecule has 0 aromatic carbocycles. The Hall–Kier alpha value is -0.650. The maximum Gasteiger partial charge on any atom is 0.324 e. The second kappa shape index (κ2) is 5.12. The Morgan fingerprint density at radius 1 is 1.69 bits per heavy atom. The highest BCUT2D eigenvalue weighted by Gasteiger charge is 2.34. The zero-order valence-corrected chi connectivity index (χ0v) is 10.3. The number of hydrogen-bond acceptors (Lipinski definition) is 4. The fraction of sp³-hybridized carbons (Fsp3) is 0.909. The first-order valence-electron chi connectivity index (χ1n) is 5.64. The van der Waals surface area contributed by atoms with E-state index in [-0.39, 0.29) is 6.10 Å². The first-order valence-corrected chi connectivity index (χ1v) is 5.64. The molecule has 1 saturated heterocycles. The molecule has 0 amide bonds. The number of nitrogens with zero attached hydrogens (tertiary/aromatic N) is 1. The molecular formula is C11H22N2O3. The SMILES string of the molecule is COC1CN(CC(C)(N)C(=O)O)CCC1C. The van der Waals surface area contributed by atoms with E-state index in [1.54, 1.807) is 14.0 Å². The third kappa shape index (κ3) is 3.17. The summed E-state index contributed by atoms with van der Waals surface area (Å²) >= 11 is 0. The van der Waals surface area contributed by atoms with Gasteiger partial charge in [0, 0.05) is 20.2 Å². The van der Waals surface area contributed by atoms with E-state index in [9.17, 15) is 4.79 Å². The van der Waals surface area contributed by atoms with E-state index in [1.807, 2.05) is 0 Å². The van der Waals surface area contributed by atoms with Crippen LogP contribution in [-0.2, 0) is 9.53 Å². The lowest BCUT2D eigenvalue weighted by atomic mass is 9.94. The fourth-order valence-electron chi connectivity index (χ4n) is 2.08. The number of nitrogens with two attached hydrogens (primary N) is 1. The highest BCUT2D eigenvalue weighted by Crippen LogP contribution is 2.20. The largest absolute Gasteiger partial charge is 0.480 e. The monoisotopic (exact) mass is 230 g/mol. The standard InChI is InChI=1S/C11H22N2O3/c1-8-4-5-13(6-9(8)16-3)7-11(2,12)10(14)15/h8-9H,4-7,12H2,1-3H3,(H,14,15). The Kier molecular flexibility index (Phi) is 4.29. The molecule has 0 spiro atoms. The van der Waals surface area contributed by atoms with Crippen molar-refractivity contribution >= 4 is 5.97 Å². The number of carbonyl (C=O) groups is 1. The second-order valence-corrected chi connectivity index (χ2v) is 5.00. The first kappa shape index (κ1) is 13.4. The zero-order valence-electron chi connectivity index (χ0n) is 10.3. The molecule has 0 aromatic heterocycles. The number of methoxy groups -OCH3 is 1. The second-order valence-electron chi connectivity index (χ2n) is 5.00. The van der Waals surface area contributed by atoms with Crippen LogP contribution < -0.4 is 5.73 Å². The van der Waals surface area contributed by atoms with Crippen molar-refractivity contribution in [2.75, 3.05) is 26.7 Å². The summed E-state index contributed by atoms with van der Waals surface area (Å²) < 4.78 is 5.38. The minimum Gasteiger partial charge on any atom is -0.480 e. The average Bonchev–Trinajstić information content (AvgIpc) is 2.20. The van der Waals surface area contributed by atoms with E-state index in [0.717, 1.165) is 19.5 Å². The van der Waals surface area contributed by atoms with Gasteiger partial charge in [0.15, 0.2) is 0 Å². The number of aliphatic carboxylic acids is 1. The van der Waals surface area contributed by atoms with Crippen molar-refractivity contribution in [1.82, 2.24) is 4.90 Å². The van der Waals surface area contributed by atoms with E-state index in [1.165, 1.54) is 0 Å². The Morgan fingerprint density at radius 3 is 2.81 bits per heavy atom. The lowest BCUT2D eigenvalue weighted by molar-refractivity contribution is -0.143. The summed E-state index contributed by atoms with van der Waals surface area (Å²) in [5.41, 5.74) is 4.55. The maximum absolute atomic E-state index is 10.9. The van der Waals surface area contributed by atoms with Crippen molar-refractivity contribution in [2.24, 2.45) is 11.7 Å². The van der Waals surface area contributed by atoms with Gasteiger partial charge in [-0.1, -0.05) is 6.92 Å². The quantitative estimate of drug-likeness (QED) is 0.718.